The fraction of sp³-hybridized carbons (Fsp3) is 0.214. The third kappa shape index (κ3) is 2.76. The van der Waals surface area contributed by atoms with Crippen LogP contribution in [0.2, 0.25) is 0 Å². The molecule has 6 nitrogen and oxygen atoms in total. The van der Waals surface area contributed by atoms with Crippen LogP contribution in [0.3, 0.4) is 0 Å². The Bertz CT molecular complexity index is 754. The molecule has 7 heteroatoms. The molecule has 3 aromatic rings. The average Bonchev–Trinajstić information content (AvgIpc) is 2.96. The van der Waals surface area contributed by atoms with Gasteiger partial charge in [-0.25, -0.2) is 4.39 Å². The molecule has 0 saturated carbocycles. The average molecular weight is 286 g/mol. The maximum atomic E-state index is 13.8. The quantitative estimate of drug-likeness (QED) is 0.672. The van der Waals surface area contributed by atoms with Gasteiger partial charge in [0.25, 0.3) is 0 Å². The standard InChI is InChI=1S/C14H15FN6/c1-2-7-16-14-19-12(9-8-17-21-13(9)20-14)18-11-6-4-3-5-10(11)15/h3-6,8H,2,7H2,1H3,(H3,16,17,18,19,20,21). The van der Waals surface area contributed by atoms with E-state index in [1.54, 1.807) is 24.4 Å². The van der Waals surface area contributed by atoms with Crippen molar-refractivity contribution in [1.82, 2.24) is 20.2 Å². The van der Waals surface area contributed by atoms with Gasteiger partial charge in [-0.15, -0.1) is 0 Å². The van der Waals surface area contributed by atoms with Crippen LogP contribution in [-0.4, -0.2) is 26.7 Å². The lowest BCUT2D eigenvalue weighted by molar-refractivity contribution is 0.632. The van der Waals surface area contributed by atoms with Crippen molar-refractivity contribution in [2.24, 2.45) is 0 Å². The Morgan fingerprint density at radius 2 is 2.10 bits per heavy atom. The van der Waals surface area contributed by atoms with Gasteiger partial charge in [-0.1, -0.05) is 19.1 Å². The third-order valence-electron chi connectivity index (χ3n) is 2.97. The summed E-state index contributed by atoms with van der Waals surface area (Å²) in [7, 11) is 0. The first kappa shape index (κ1) is 13.3. The van der Waals surface area contributed by atoms with Crippen LogP contribution in [0.15, 0.2) is 30.5 Å². The highest BCUT2D eigenvalue weighted by molar-refractivity contribution is 5.89. The zero-order valence-electron chi connectivity index (χ0n) is 11.5. The Morgan fingerprint density at radius 1 is 1.24 bits per heavy atom. The molecule has 0 fully saturated rings. The van der Waals surface area contributed by atoms with Crippen molar-refractivity contribution < 1.29 is 4.39 Å². The Labute approximate surface area is 120 Å². The summed E-state index contributed by atoms with van der Waals surface area (Å²) < 4.78 is 13.8. The molecule has 0 amide bonds. The molecule has 0 atom stereocenters. The number of nitrogens with zero attached hydrogens (tertiary/aromatic N) is 3. The normalized spacial score (nSPS) is 10.8. The van der Waals surface area contributed by atoms with Crippen LogP contribution >= 0.6 is 0 Å². The van der Waals surface area contributed by atoms with Gasteiger partial charge in [0.05, 0.1) is 17.3 Å². The highest BCUT2D eigenvalue weighted by atomic mass is 19.1. The number of benzene rings is 1. The molecule has 0 bridgehead atoms. The maximum absolute atomic E-state index is 13.8. The summed E-state index contributed by atoms with van der Waals surface area (Å²) in [6.45, 7) is 2.82. The van der Waals surface area contributed by atoms with Crippen molar-refractivity contribution in [3.63, 3.8) is 0 Å². The Morgan fingerprint density at radius 3 is 2.90 bits per heavy atom. The van der Waals surface area contributed by atoms with E-state index in [0.717, 1.165) is 13.0 Å². The van der Waals surface area contributed by atoms with Crippen LogP contribution in [0.1, 0.15) is 13.3 Å². The lowest BCUT2D eigenvalue weighted by Crippen LogP contribution is -2.06. The second-order valence-corrected chi connectivity index (χ2v) is 4.56. The molecule has 0 aliphatic heterocycles. The summed E-state index contributed by atoms with van der Waals surface area (Å²) >= 11 is 0. The van der Waals surface area contributed by atoms with Crippen molar-refractivity contribution in [2.45, 2.75) is 13.3 Å². The monoisotopic (exact) mass is 286 g/mol. The molecule has 2 heterocycles. The van der Waals surface area contributed by atoms with Crippen LogP contribution < -0.4 is 10.6 Å². The summed E-state index contributed by atoms with van der Waals surface area (Å²) in [5.74, 6) is 0.653. The van der Waals surface area contributed by atoms with Crippen LogP contribution in [0.4, 0.5) is 21.8 Å². The number of hydrogen-bond donors (Lipinski definition) is 3. The molecular formula is C14H15FN6. The summed E-state index contributed by atoms with van der Waals surface area (Å²) in [6.07, 6.45) is 2.57. The van der Waals surface area contributed by atoms with Crippen molar-refractivity contribution >= 4 is 28.5 Å². The topological polar surface area (TPSA) is 78.5 Å². The van der Waals surface area contributed by atoms with Gasteiger partial charge >= 0.3 is 0 Å². The van der Waals surface area contributed by atoms with Crippen molar-refractivity contribution in [1.29, 1.82) is 0 Å². The van der Waals surface area contributed by atoms with Gasteiger partial charge in [-0.05, 0) is 18.6 Å². The Kier molecular flexibility index (Phi) is 3.63. The summed E-state index contributed by atoms with van der Waals surface area (Å²) in [5, 5.41) is 13.6. The molecule has 2 aromatic heterocycles. The number of para-hydroxylation sites is 1. The lowest BCUT2D eigenvalue weighted by Gasteiger charge is -2.09. The number of hydrogen-bond acceptors (Lipinski definition) is 5. The van der Waals surface area contributed by atoms with Gasteiger partial charge < -0.3 is 10.6 Å². The molecule has 0 saturated heterocycles. The molecule has 3 rings (SSSR count). The molecule has 0 aliphatic carbocycles. The number of rotatable bonds is 5. The van der Waals surface area contributed by atoms with E-state index in [9.17, 15) is 4.39 Å². The fourth-order valence-corrected chi connectivity index (χ4v) is 1.94. The highest BCUT2D eigenvalue weighted by Gasteiger charge is 2.11. The first-order valence-corrected chi connectivity index (χ1v) is 6.74. The van der Waals surface area contributed by atoms with E-state index in [4.69, 9.17) is 0 Å². The number of fused-ring (bicyclic) bond motifs is 1. The minimum atomic E-state index is -0.337. The molecule has 1 aromatic carbocycles. The molecule has 3 N–H and O–H groups in total. The van der Waals surface area contributed by atoms with E-state index < -0.39 is 0 Å². The van der Waals surface area contributed by atoms with E-state index in [0.29, 0.717) is 28.5 Å². The number of aromatic nitrogens is 4. The van der Waals surface area contributed by atoms with E-state index in [1.807, 2.05) is 0 Å². The molecule has 21 heavy (non-hydrogen) atoms. The van der Waals surface area contributed by atoms with Crippen LogP contribution in [0, 0.1) is 5.82 Å². The van der Waals surface area contributed by atoms with Gasteiger partial charge in [0.15, 0.2) is 5.65 Å². The predicted molar refractivity (Wildman–Crippen MR) is 80.1 cm³/mol. The zero-order valence-corrected chi connectivity index (χ0v) is 11.5. The minimum absolute atomic E-state index is 0.337. The second kappa shape index (κ2) is 5.74. The highest BCUT2D eigenvalue weighted by Crippen LogP contribution is 2.25. The summed E-state index contributed by atoms with van der Waals surface area (Å²) in [4.78, 5) is 8.71. The van der Waals surface area contributed by atoms with Crippen LogP contribution in [0.25, 0.3) is 11.0 Å². The van der Waals surface area contributed by atoms with E-state index in [1.165, 1.54) is 6.07 Å². The maximum Gasteiger partial charge on any atom is 0.226 e. The molecular weight excluding hydrogens is 271 g/mol. The molecule has 0 aliphatic rings. The van der Waals surface area contributed by atoms with E-state index in [-0.39, 0.29) is 5.82 Å². The van der Waals surface area contributed by atoms with E-state index >= 15 is 0 Å². The molecule has 108 valence electrons. The van der Waals surface area contributed by atoms with Crippen LogP contribution in [0.5, 0.6) is 0 Å². The third-order valence-corrected chi connectivity index (χ3v) is 2.97. The molecule has 0 spiro atoms. The summed E-state index contributed by atoms with van der Waals surface area (Å²) in [6, 6.07) is 6.45. The number of aromatic amines is 1. The lowest BCUT2D eigenvalue weighted by atomic mass is 10.3. The van der Waals surface area contributed by atoms with Gasteiger partial charge in [0.2, 0.25) is 5.95 Å². The summed E-state index contributed by atoms with van der Waals surface area (Å²) in [5.41, 5.74) is 0.961. The predicted octanol–water partition coefficient (Wildman–Crippen LogP) is 3.06. The fourth-order valence-electron chi connectivity index (χ4n) is 1.94. The second-order valence-electron chi connectivity index (χ2n) is 4.56. The van der Waals surface area contributed by atoms with Gasteiger partial charge in [-0.2, -0.15) is 15.1 Å². The largest absolute Gasteiger partial charge is 0.354 e. The van der Waals surface area contributed by atoms with Crippen molar-refractivity contribution in [3.8, 4) is 0 Å². The van der Waals surface area contributed by atoms with Crippen molar-refractivity contribution in [2.75, 3.05) is 17.2 Å². The smallest absolute Gasteiger partial charge is 0.226 e. The Hall–Kier alpha value is -2.70. The minimum Gasteiger partial charge on any atom is -0.354 e. The first-order valence-electron chi connectivity index (χ1n) is 6.74. The number of H-pyrrole nitrogens is 1. The first-order chi connectivity index (χ1) is 10.3. The number of anilines is 3. The molecule has 0 unspecified atom stereocenters. The number of halogens is 1. The molecule has 0 radical (unpaired) electrons. The van der Waals surface area contributed by atoms with Gasteiger partial charge in [0, 0.05) is 6.54 Å². The van der Waals surface area contributed by atoms with E-state index in [2.05, 4.69) is 37.7 Å². The number of nitrogens with one attached hydrogen (secondary N) is 3. The SMILES string of the molecule is CCCNc1nc(Nc2ccccc2F)c2cn[nH]c2n1. The van der Waals surface area contributed by atoms with Gasteiger partial charge in [-0.3, -0.25) is 5.10 Å². The van der Waals surface area contributed by atoms with Crippen molar-refractivity contribution in [3.05, 3.63) is 36.3 Å². The van der Waals surface area contributed by atoms with Gasteiger partial charge in [0.1, 0.15) is 11.6 Å². The zero-order chi connectivity index (χ0) is 14.7. The Balaban J connectivity index is 2.00. The van der Waals surface area contributed by atoms with Crippen LogP contribution in [-0.2, 0) is 0 Å².